The first kappa shape index (κ1) is 21.9. The number of aliphatic hydroxyl groups is 1. The second-order valence-electron chi connectivity index (χ2n) is 12.9. The number of rotatable bonds is 4. The number of allylic oxidation sites excluding steroid dienone is 3. The van der Waals surface area contributed by atoms with Gasteiger partial charge in [-0.05, 0) is 106 Å². The number of carbonyl (C=O) groups excluding carboxylic acids is 1. The minimum Gasteiger partial charge on any atom is -0.392 e. The largest absolute Gasteiger partial charge is 0.392 e. The molecular weight excluding hydrogens is 380 g/mol. The molecule has 0 unspecified atom stereocenters. The molecular formula is C29H44O2. The Bertz CT molecular complexity index is 813. The molecule has 4 saturated carbocycles. The minimum absolute atomic E-state index is 0.115. The first-order valence-electron chi connectivity index (χ1n) is 13.2. The SMILES string of the molecule is CC(C)=CCC[C@@H](C)[C@H]1C(=O)C[C@H]2[C@@H]3CC=C4C5(CC5)[C@H](O)CC[C@]4(C)[C@H]3CC[C@]12C. The summed E-state index contributed by atoms with van der Waals surface area (Å²) in [6, 6.07) is 0. The monoisotopic (exact) mass is 424 g/mol. The van der Waals surface area contributed by atoms with Crippen LogP contribution in [0.3, 0.4) is 0 Å². The topological polar surface area (TPSA) is 37.3 Å². The summed E-state index contributed by atoms with van der Waals surface area (Å²) in [5.74, 6) is 3.24. The van der Waals surface area contributed by atoms with Crippen LogP contribution >= 0.6 is 0 Å². The van der Waals surface area contributed by atoms with Crippen molar-refractivity contribution in [3.63, 3.8) is 0 Å². The zero-order valence-corrected chi connectivity index (χ0v) is 20.5. The summed E-state index contributed by atoms with van der Waals surface area (Å²) >= 11 is 0. The number of hydrogen-bond acceptors (Lipinski definition) is 2. The van der Waals surface area contributed by atoms with Gasteiger partial charge in [0.2, 0.25) is 0 Å². The number of hydrogen-bond donors (Lipinski definition) is 1. The van der Waals surface area contributed by atoms with Gasteiger partial charge in [0.15, 0.2) is 0 Å². The summed E-state index contributed by atoms with van der Waals surface area (Å²) in [6.45, 7) is 11.7. The van der Waals surface area contributed by atoms with E-state index in [1.54, 1.807) is 5.57 Å². The van der Waals surface area contributed by atoms with Crippen LogP contribution in [0.25, 0.3) is 0 Å². The number of aliphatic hydroxyl groups excluding tert-OH is 1. The van der Waals surface area contributed by atoms with Crippen LogP contribution in [0.2, 0.25) is 0 Å². The van der Waals surface area contributed by atoms with E-state index in [0.717, 1.165) is 38.5 Å². The number of fused-ring (bicyclic) bond motifs is 6. The van der Waals surface area contributed by atoms with E-state index in [1.807, 2.05) is 0 Å². The molecule has 0 aromatic carbocycles. The fraction of sp³-hybridized carbons (Fsp3) is 0.828. The maximum Gasteiger partial charge on any atom is 0.137 e. The van der Waals surface area contributed by atoms with Crippen molar-refractivity contribution in [1.82, 2.24) is 0 Å². The van der Waals surface area contributed by atoms with Crippen LogP contribution in [-0.4, -0.2) is 17.0 Å². The Kier molecular flexibility index (Phi) is 5.17. The summed E-state index contributed by atoms with van der Waals surface area (Å²) in [5.41, 5.74) is 3.59. The van der Waals surface area contributed by atoms with Gasteiger partial charge in [0, 0.05) is 17.8 Å². The lowest BCUT2D eigenvalue weighted by Gasteiger charge is -2.59. The van der Waals surface area contributed by atoms with Crippen LogP contribution < -0.4 is 0 Å². The van der Waals surface area contributed by atoms with Crippen molar-refractivity contribution in [3.8, 4) is 0 Å². The van der Waals surface area contributed by atoms with Crippen molar-refractivity contribution in [2.45, 2.75) is 105 Å². The first-order chi connectivity index (χ1) is 14.6. The lowest BCUT2D eigenvalue weighted by Crippen LogP contribution is -2.53. The van der Waals surface area contributed by atoms with E-state index in [4.69, 9.17) is 0 Å². The van der Waals surface area contributed by atoms with E-state index in [9.17, 15) is 9.90 Å². The smallest absolute Gasteiger partial charge is 0.137 e. The molecule has 0 aliphatic heterocycles. The molecule has 5 aliphatic carbocycles. The second kappa shape index (κ2) is 7.31. The molecule has 172 valence electrons. The number of ketones is 1. The molecule has 2 nitrogen and oxygen atoms in total. The highest BCUT2D eigenvalue weighted by Gasteiger charge is 2.66. The lowest BCUT2D eigenvalue weighted by atomic mass is 9.45. The van der Waals surface area contributed by atoms with Crippen LogP contribution in [0.5, 0.6) is 0 Å². The molecule has 0 aromatic heterocycles. The summed E-state index contributed by atoms with van der Waals surface area (Å²) in [4.78, 5) is 13.4. The standard InChI is InChI=1S/C29H44O2/c1-18(2)7-6-8-19(3)26-23(30)17-22-20-9-10-24-27(4,21(20)11-13-28(22,26)5)14-12-25(31)29(24)15-16-29/h7,10,19-22,25-26,31H,6,8-9,11-17H2,1-5H3/t19-,20-,21+,22+,25-,26+,27-,28+/m1/s1. The van der Waals surface area contributed by atoms with Crippen molar-refractivity contribution in [3.05, 3.63) is 23.3 Å². The van der Waals surface area contributed by atoms with Gasteiger partial charge in [0.25, 0.3) is 0 Å². The van der Waals surface area contributed by atoms with Gasteiger partial charge < -0.3 is 5.11 Å². The summed E-state index contributed by atoms with van der Waals surface area (Å²) in [7, 11) is 0. The van der Waals surface area contributed by atoms with Crippen molar-refractivity contribution in [2.75, 3.05) is 0 Å². The average molecular weight is 425 g/mol. The van der Waals surface area contributed by atoms with E-state index >= 15 is 0 Å². The molecule has 5 rings (SSSR count). The third kappa shape index (κ3) is 3.10. The van der Waals surface area contributed by atoms with Crippen molar-refractivity contribution in [1.29, 1.82) is 0 Å². The van der Waals surface area contributed by atoms with Crippen LogP contribution in [0.1, 0.15) is 98.8 Å². The maximum absolute atomic E-state index is 13.4. The van der Waals surface area contributed by atoms with Crippen LogP contribution in [0, 0.1) is 45.8 Å². The van der Waals surface area contributed by atoms with E-state index in [0.29, 0.717) is 29.5 Å². The number of Topliss-reactive ketones (excluding diaryl/α,β-unsaturated/α-hetero) is 1. The maximum atomic E-state index is 13.4. The number of carbonyl (C=O) groups is 1. The Labute approximate surface area is 190 Å². The third-order valence-corrected chi connectivity index (χ3v) is 11.0. The molecule has 8 atom stereocenters. The summed E-state index contributed by atoms with van der Waals surface area (Å²) in [5, 5.41) is 10.8. The average Bonchev–Trinajstić information content (AvgIpc) is 3.43. The highest BCUT2D eigenvalue weighted by Crippen LogP contribution is 2.72. The van der Waals surface area contributed by atoms with E-state index < -0.39 is 0 Å². The molecule has 0 amide bonds. The van der Waals surface area contributed by atoms with Crippen molar-refractivity contribution in [2.24, 2.45) is 45.8 Å². The fourth-order valence-corrected chi connectivity index (χ4v) is 9.41. The highest BCUT2D eigenvalue weighted by atomic mass is 16.3. The Morgan fingerprint density at radius 1 is 1.16 bits per heavy atom. The van der Waals surface area contributed by atoms with Gasteiger partial charge in [0.05, 0.1) is 6.10 Å². The molecule has 0 aromatic rings. The third-order valence-electron chi connectivity index (χ3n) is 11.0. The van der Waals surface area contributed by atoms with E-state index in [2.05, 4.69) is 46.8 Å². The highest BCUT2D eigenvalue weighted by molar-refractivity contribution is 5.85. The molecule has 1 N–H and O–H groups in total. The molecule has 1 spiro atoms. The zero-order chi connectivity index (χ0) is 22.2. The fourth-order valence-electron chi connectivity index (χ4n) is 9.41. The summed E-state index contributed by atoms with van der Waals surface area (Å²) < 4.78 is 0. The predicted octanol–water partition coefficient (Wildman–Crippen LogP) is 6.88. The first-order valence-corrected chi connectivity index (χ1v) is 13.2. The second-order valence-corrected chi connectivity index (χ2v) is 12.9. The van der Waals surface area contributed by atoms with Crippen molar-refractivity contribution < 1.29 is 9.90 Å². The molecule has 4 fully saturated rings. The quantitative estimate of drug-likeness (QED) is 0.500. The molecule has 31 heavy (non-hydrogen) atoms. The normalized spacial score (nSPS) is 45.9. The minimum atomic E-state index is -0.115. The van der Waals surface area contributed by atoms with Gasteiger partial charge in [-0.2, -0.15) is 0 Å². The van der Waals surface area contributed by atoms with Crippen LogP contribution in [0.4, 0.5) is 0 Å². The van der Waals surface area contributed by atoms with Gasteiger partial charge in [0.1, 0.15) is 5.78 Å². The van der Waals surface area contributed by atoms with Gasteiger partial charge >= 0.3 is 0 Å². The molecule has 2 heteroatoms. The Balaban J connectivity index is 1.41. The molecule has 0 bridgehead atoms. The van der Waals surface area contributed by atoms with Gasteiger partial charge in [-0.3, -0.25) is 4.79 Å². The van der Waals surface area contributed by atoms with Gasteiger partial charge in [-0.25, -0.2) is 0 Å². The van der Waals surface area contributed by atoms with Crippen molar-refractivity contribution >= 4 is 5.78 Å². The van der Waals surface area contributed by atoms with Crippen LogP contribution in [-0.2, 0) is 4.79 Å². The Morgan fingerprint density at radius 2 is 1.90 bits per heavy atom. The lowest BCUT2D eigenvalue weighted by molar-refractivity contribution is -0.124. The molecule has 0 radical (unpaired) electrons. The van der Waals surface area contributed by atoms with Gasteiger partial charge in [-0.1, -0.05) is 44.1 Å². The zero-order valence-electron chi connectivity index (χ0n) is 20.5. The Hall–Kier alpha value is -0.890. The predicted molar refractivity (Wildman–Crippen MR) is 126 cm³/mol. The van der Waals surface area contributed by atoms with Gasteiger partial charge in [-0.15, -0.1) is 0 Å². The Morgan fingerprint density at radius 3 is 2.58 bits per heavy atom. The van der Waals surface area contributed by atoms with E-state index in [1.165, 1.54) is 31.3 Å². The van der Waals surface area contributed by atoms with E-state index in [-0.39, 0.29) is 28.3 Å². The summed E-state index contributed by atoms with van der Waals surface area (Å²) in [6.07, 6.45) is 16.0. The molecule has 0 saturated heterocycles. The van der Waals surface area contributed by atoms with Crippen LogP contribution in [0.15, 0.2) is 23.3 Å². The molecule has 0 heterocycles. The molecule has 5 aliphatic rings.